The monoisotopic (exact) mass is 422 g/mol. The maximum atomic E-state index is 13.4. The molecule has 30 heavy (non-hydrogen) atoms. The van der Waals surface area contributed by atoms with Gasteiger partial charge in [-0.2, -0.15) is 15.0 Å². The van der Waals surface area contributed by atoms with Crippen molar-refractivity contribution < 1.29 is 9.18 Å². The molecule has 2 heterocycles. The van der Waals surface area contributed by atoms with Gasteiger partial charge in [0.15, 0.2) is 5.13 Å². The van der Waals surface area contributed by atoms with Crippen molar-refractivity contribution in [2.24, 2.45) is 0 Å². The molecule has 7 nitrogen and oxygen atoms in total. The number of rotatable bonds is 5. The van der Waals surface area contributed by atoms with E-state index in [0.717, 1.165) is 29.1 Å². The third kappa shape index (κ3) is 3.63. The van der Waals surface area contributed by atoms with Gasteiger partial charge in [-0.3, -0.25) is 4.79 Å². The van der Waals surface area contributed by atoms with Gasteiger partial charge in [-0.1, -0.05) is 23.5 Å². The first-order valence-electron chi connectivity index (χ1n) is 9.76. The molecule has 5 rings (SSSR count). The molecule has 1 fully saturated rings. The number of carbonyl (C=O) groups excluding carboxylic acids is 1. The van der Waals surface area contributed by atoms with Crippen molar-refractivity contribution in [2.45, 2.75) is 31.3 Å². The number of fused-ring (bicyclic) bond motifs is 1. The molecule has 0 radical (unpaired) electrons. The van der Waals surface area contributed by atoms with E-state index in [4.69, 9.17) is 0 Å². The van der Waals surface area contributed by atoms with Crippen LogP contribution >= 0.6 is 11.3 Å². The van der Waals surface area contributed by atoms with E-state index >= 15 is 0 Å². The summed E-state index contributed by atoms with van der Waals surface area (Å²) in [5, 5.41) is 15.6. The Hall–Kier alpha value is -3.33. The van der Waals surface area contributed by atoms with Gasteiger partial charge in [0.2, 0.25) is 0 Å². The maximum Gasteiger partial charge on any atom is 0.253 e. The van der Waals surface area contributed by atoms with Crippen molar-refractivity contribution in [3.05, 3.63) is 66.2 Å². The van der Waals surface area contributed by atoms with Gasteiger partial charge < -0.3 is 10.6 Å². The summed E-state index contributed by atoms with van der Waals surface area (Å²) in [5.74, 6) is -0.455. The topological polar surface area (TPSA) is 84.7 Å². The van der Waals surface area contributed by atoms with Crippen LogP contribution in [0.2, 0.25) is 0 Å². The van der Waals surface area contributed by atoms with Gasteiger partial charge in [-0.25, -0.2) is 9.37 Å². The van der Waals surface area contributed by atoms with Gasteiger partial charge in [0.1, 0.15) is 5.82 Å². The zero-order chi connectivity index (χ0) is 20.5. The summed E-state index contributed by atoms with van der Waals surface area (Å²) >= 11 is 1.49. The Bertz CT molecular complexity index is 1190. The van der Waals surface area contributed by atoms with E-state index in [1.54, 1.807) is 24.5 Å². The van der Waals surface area contributed by atoms with Crippen LogP contribution in [0.1, 0.15) is 29.6 Å². The van der Waals surface area contributed by atoms with Crippen molar-refractivity contribution in [3.63, 3.8) is 0 Å². The summed E-state index contributed by atoms with van der Waals surface area (Å²) in [7, 11) is 0. The van der Waals surface area contributed by atoms with Crippen LogP contribution in [-0.2, 0) is 0 Å². The molecule has 152 valence electrons. The highest BCUT2D eigenvalue weighted by Gasteiger charge is 2.30. The highest BCUT2D eigenvalue weighted by atomic mass is 32.1. The van der Waals surface area contributed by atoms with Crippen LogP contribution < -0.4 is 10.6 Å². The number of carbonyl (C=O) groups is 1. The summed E-state index contributed by atoms with van der Waals surface area (Å²) in [6.07, 6.45) is 5.97. The Morgan fingerprint density at radius 3 is 2.77 bits per heavy atom. The number of nitrogens with one attached hydrogen (secondary N) is 2. The van der Waals surface area contributed by atoms with E-state index in [-0.39, 0.29) is 23.8 Å². The second-order valence-corrected chi connectivity index (χ2v) is 8.26. The predicted octanol–water partition coefficient (Wildman–Crippen LogP) is 3.78. The lowest BCUT2D eigenvalue weighted by Gasteiger charge is -2.22. The van der Waals surface area contributed by atoms with Crippen molar-refractivity contribution >= 4 is 32.6 Å². The molecule has 1 amide bonds. The Balaban J connectivity index is 1.33. The standard InChI is InChI=1S/C21H19FN6OS/c22-13-8-9-19-17(12-13)27-21(30-19)26-16-6-3-5-15(16)25-20(29)14-4-1-2-7-18(14)28-23-10-11-24-28/h1-2,4,7-12,15-16H,3,5-6H2,(H,25,29)(H,26,27)/t15-,16+/m1/s1. The average Bonchev–Trinajstić information content (AvgIpc) is 3.49. The Kier molecular flexibility index (Phi) is 4.88. The molecule has 2 atom stereocenters. The number of thiazole rings is 1. The lowest BCUT2D eigenvalue weighted by Crippen LogP contribution is -2.43. The van der Waals surface area contributed by atoms with Gasteiger partial charge >= 0.3 is 0 Å². The minimum absolute atomic E-state index is 0.0279. The number of benzene rings is 2. The zero-order valence-corrected chi connectivity index (χ0v) is 16.8. The number of aromatic nitrogens is 4. The SMILES string of the molecule is O=C(N[C@@H]1CCC[C@@H]1Nc1nc2cc(F)ccc2s1)c1ccccc1-n1nccn1. The van der Waals surface area contributed by atoms with Crippen molar-refractivity contribution in [2.75, 3.05) is 5.32 Å². The molecule has 0 unspecified atom stereocenters. The Labute approximate surface area is 175 Å². The third-order valence-electron chi connectivity index (χ3n) is 5.27. The summed E-state index contributed by atoms with van der Waals surface area (Å²) in [6, 6.07) is 11.9. The molecule has 1 aliphatic rings. The van der Waals surface area contributed by atoms with Crippen LogP contribution in [0.3, 0.4) is 0 Å². The fraction of sp³-hybridized carbons (Fsp3) is 0.238. The quantitative estimate of drug-likeness (QED) is 0.511. The van der Waals surface area contributed by atoms with Gasteiger partial charge in [0.25, 0.3) is 5.91 Å². The molecule has 9 heteroatoms. The highest BCUT2D eigenvalue weighted by molar-refractivity contribution is 7.22. The lowest BCUT2D eigenvalue weighted by molar-refractivity contribution is 0.0935. The molecule has 1 aliphatic carbocycles. The van der Waals surface area contributed by atoms with Crippen LogP contribution in [0.5, 0.6) is 0 Å². The van der Waals surface area contributed by atoms with Gasteiger partial charge in [-0.15, -0.1) is 0 Å². The minimum Gasteiger partial charge on any atom is -0.357 e. The van der Waals surface area contributed by atoms with Crippen molar-refractivity contribution in [3.8, 4) is 5.69 Å². The predicted molar refractivity (Wildman–Crippen MR) is 113 cm³/mol. The number of halogens is 1. The fourth-order valence-corrected chi connectivity index (χ4v) is 4.76. The van der Waals surface area contributed by atoms with Crippen LogP contribution in [0.15, 0.2) is 54.9 Å². The van der Waals surface area contributed by atoms with E-state index in [2.05, 4.69) is 25.8 Å². The largest absolute Gasteiger partial charge is 0.357 e. The van der Waals surface area contributed by atoms with Gasteiger partial charge in [0, 0.05) is 18.2 Å². The normalized spacial score (nSPS) is 18.6. The molecule has 4 aromatic rings. The summed E-state index contributed by atoms with van der Waals surface area (Å²) < 4.78 is 14.4. The maximum absolute atomic E-state index is 13.4. The van der Waals surface area contributed by atoms with Crippen LogP contribution in [0.4, 0.5) is 9.52 Å². The molecule has 0 aliphatic heterocycles. The Morgan fingerprint density at radius 2 is 1.90 bits per heavy atom. The summed E-state index contributed by atoms with van der Waals surface area (Å²) in [4.78, 5) is 19.0. The molecule has 0 saturated heterocycles. The molecule has 2 aromatic carbocycles. The molecule has 2 aromatic heterocycles. The second-order valence-electron chi connectivity index (χ2n) is 7.23. The number of hydrogen-bond donors (Lipinski definition) is 2. The van der Waals surface area contributed by atoms with E-state index in [1.807, 2.05) is 18.2 Å². The number of amides is 1. The first-order chi connectivity index (χ1) is 14.7. The average molecular weight is 422 g/mol. The van der Waals surface area contributed by atoms with Crippen LogP contribution in [0.25, 0.3) is 15.9 Å². The van der Waals surface area contributed by atoms with Gasteiger partial charge in [0.05, 0.1) is 33.9 Å². The summed E-state index contributed by atoms with van der Waals surface area (Å²) in [5.41, 5.74) is 1.80. The first-order valence-corrected chi connectivity index (χ1v) is 10.6. The zero-order valence-electron chi connectivity index (χ0n) is 16.0. The number of para-hydroxylation sites is 1. The highest BCUT2D eigenvalue weighted by Crippen LogP contribution is 2.30. The number of hydrogen-bond acceptors (Lipinski definition) is 6. The smallest absolute Gasteiger partial charge is 0.253 e. The first kappa shape index (κ1) is 18.7. The van der Waals surface area contributed by atoms with Crippen molar-refractivity contribution in [1.82, 2.24) is 25.3 Å². The molecule has 2 N–H and O–H groups in total. The van der Waals surface area contributed by atoms with Gasteiger partial charge in [-0.05, 0) is 43.5 Å². The molecule has 0 bridgehead atoms. The van der Waals surface area contributed by atoms with Crippen molar-refractivity contribution in [1.29, 1.82) is 0 Å². The van der Waals surface area contributed by atoms with E-state index in [0.29, 0.717) is 16.8 Å². The minimum atomic E-state index is -0.296. The number of nitrogens with zero attached hydrogens (tertiary/aromatic N) is 4. The molecular weight excluding hydrogens is 403 g/mol. The fourth-order valence-electron chi connectivity index (χ4n) is 3.85. The second kappa shape index (κ2) is 7.83. The lowest BCUT2D eigenvalue weighted by atomic mass is 10.1. The molecule has 0 spiro atoms. The molecule has 1 saturated carbocycles. The summed E-state index contributed by atoms with van der Waals surface area (Å²) in [6.45, 7) is 0. The molecular formula is C21H19FN6OS. The van der Waals surface area contributed by atoms with E-state index in [9.17, 15) is 9.18 Å². The van der Waals surface area contributed by atoms with Crippen LogP contribution in [-0.4, -0.2) is 38.0 Å². The number of anilines is 1. The Morgan fingerprint density at radius 1 is 1.10 bits per heavy atom. The third-order valence-corrected chi connectivity index (χ3v) is 6.24. The van der Waals surface area contributed by atoms with E-state index < -0.39 is 0 Å². The van der Waals surface area contributed by atoms with E-state index in [1.165, 1.54) is 28.3 Å². The van der Waals surface area contributed by atoms with Crippen LogP contribution in [0, 0.1) is 5.82 Å².